The summed E-state index contributed by atoms with van der Waals surface area (Å²) in [6, 6.07) is 0. The summed E-state index contributed by atoms with van der Waals surface area (Å²) in [5.41, 5.74) is 0. The molecule has 3 heteroatoms. The summed E-state index contributed by atoms with van der Waals surface area (Å²) in [5.74, 6) is -0.914. The minimum atomic E-state index is -0.914. The van der Waals surface area contributed by atoms with Crippen LogP contribution in [0, 0.1) is 0 Å². The zero-order valence-electron chi connectivity index (χ0n) is 28.4. The summed E-state index contributed by atoms with van der Waals surface area (Å²) in [7, 11) is 6.88. The van der Waals surface area contributed by atoms with Gasteiger partial charge in [-0.1, -0.05) is 154 Å². The highest BCUT2D eigenvalue weighted by Crippen LogP contribution is 2.13. The van der Waals surface area contributed by atoms with Gasteiger partial charge in [0.15, 0.2) is 0 Å². The Morgan fingerprint density at radius 3 is 1.10 bits per heavy atom. The van der Waals surface area contributed by atoms with Crippen molar-refractivity contribution in [2.45, 2.75) is 194 Å². The summed E-state index contributed by atoms with van der Waals surface area (Å²) < 4.78 is 1.12. The van der Waals surface area contributed by atoms with Crippen molar-refractivity contribution in [1.29, 1.82) is 0 Å². The molecular formula is C37H75NO2. The maximum Gasteiger partial charge on any atom is 0.0780 e. The molecule has 0 saturated carbocycles. The van der Waals surface area contributed by atoms with Gasteiger partial charge in [0.25, 0.3) is 0 Å². The molecule has 0 aromatic carbocycles. The largest absolute Gasteiger partial charge is 0.550 e. The average molecular weight is 566 g/mol. The second-order valence-corrected chi connectivity index (χ2v) is 13.3. The van der Waals surface area contributed by atoms with Gasteiger partial charge >= 0.3 is 0 Å². The molecule has 0 atom stereocenters. The fraction of sp³-hybridized carbons (Fsp3) is 0.919. The molecule has 40 heavy (non-hydrogen) atoms. The third-order valence-electron chi connectivity index (χ3n) is 7.83. The van der Waals surface area contributed by atoms with Crippen LogP contribution in [0.1, 0.15) is 194 Å². The van der Waals surface area contributed by atoms with Crippen molar-refractivity contribution in [2.24, 2.45) is 0 Å². The van der Waals surface area contributed by atoms with Crippen LogP contribution in [0.5, 0.6) is 0 Å². The Labute approximate surface area is 253 Å². The first-order chi connectivity index (χ1) is 19.3. The van der Waals surface area contributed by atoms with E-state index >= 15 is 0 Å². The van der Waals surface area contributed by atoms with Crippen LogP contribution >= 0.6 is 0 Å². The Morgan fingerprint density at radius 2 is 0.775 bits per heavy atom. The van der Waals surface area contributed by atoms with Gasteiger partial charge in [-0.3, -0.25) is 0 Å². The van der Waals surface area contributed by atoms with Crippen molar-refractivity contribution in [3.05, 3.63) is 12.2 Å². The maximum atomic E-state index is 10.2. The van der Waals surface area contributed by atoms with Gasteiger partial charge in [0.1, 0.15) is 0 Å². The molecule has 0 spiro atoms. The Morgan fingerprint density at radius 1 is 0.475 bits per heavy atom. The quantitative estimate of drug-likeness (QED) is 0.0493. The summed E-state index contributed by atoms with van der Waals surface area (Å²) in [5, 5.41) is 10.2. The number of hydrogen-bond donors (Lipinski definition) is 0. The molecular weight excluding hydrogens is 490 g/mol. The van der Waals surface area contributed by atoms with Crippen LogP contribution < -0.4 is 5.11 Å². The first kappa shape index (κ1) is 41.3. The molecule has 0 saturated heterocycles. The highest BCUT2D eigenvalue weighted by Gasteiger charge is 2.05. The first-order valence-corrected chi connectivity index (χ1v) is 18.0. The standard InChI is InChI=1S/C19H42N.C18H34O2/c1-5-6-7-8-9-10-11-12-13-14-15-16-17-18-19-20(2,3)4;1-2-3-4-5-6-7-8-9-10-11-12-13-14-15-16-17-18(19)20/h5-19H2,1-4H3;9-10H,2-8,11-17H2,1H3,(H,19,20)/q+1;/p-1. The number of carbonyl (C=O) groups excluding carboxylic acids is 1. The lowest BCUT2D eigenvalue weighted by atomic mass is 10.0. The Balaban J connectivity index is 0. The summed E-state index contributed by atoms with van der Waals surface area (Å²) in [4.78, 5) is 10.2. The number of nitrogens with zero attached hydrogens (tertiary/aromatic N) is 1. The van der Waals surface area contributed by atoms with Crippen molar-refractivity contribution < 1.29 is 14.4 Å². The van der Waals surface area contributed by atoms with Crippen molar-refractivity contribution in [2.75, 3.05) is 27.7 Å². The van der Waals surface area contributed by atoms with Gasteiger partial charge in [-0.25, -0.2) is 0 Å². The molecule has 0 aromatic heterocycles. The number of quaternary nitrogens is 1. The first-order valence-electron chi connectivity index (χ1n) is 18.0. The number of allylic oxidation sites excluding steroid dienone is 2. The molecule has 240 valence electrons. The van der Waals surface area contributed by atoms with E-state index in [9.17, 15) is 9.90 Å². The zero-order chi connectivity index (χ0) is 30.0. The zero-order valence-corrected chi connectivity index (χ0v) is 28.4. The SMILES string of the molecule is CCCCCCCCC=CCCCCCCCC(=O)[O-].CCCCCCCCCCCCCCCC[N+](C)(C)C. The number of rotatable bonds is 30. The molecule has 0 unspecified atom stereocenters. The number of carbonyl (C=O) groups is 1. The molecule has 0 aliphatic rings. The van der Waals surface area contributed by atoms with E-state index in [4.69, 9.17) is 0 Å². The maximum absolute atomic E-state index is 10.2. The second-order valence-electron chi connectivity index (χ2n) is 13.3. The fourth-order valence-electron chi connectivity index (χ4n) is 5.12. The van der Waals surface area contributed by atoms with Crippen LogP contribution in [0.25, 0.3) is 0 Å². The predicted molar refractivity (Wildman–Crippen MR) is 178 cm³/mol. The molecule has 0 heterocycles. The number of carboxylic acid groups (broad SMARTS) is 1. The van der Waals surface area contributed by atoms with Gasteiger partial charge < -0.3 is 14.4 Å². The predicted octanol–water partition coefficient (Wildman–Crippen LogP) is 10.9. The minimum absolute atomic E-state index is 0.220. The number of hydrogen-bond acceptors (Lipinski definition) is 2. The van der Waals surface area contributed by atoms with Crippen LogP contribution in [0.4, 0.5) is 0 Å². The summed E-state index contributed by atoms with van der Waals surface area (Å²) in [6.45, 7) is 5.88. The Hall–Kier alpha value is -0.830. The third kappa shape index (κ3) is 44.2. The molecule has 3 nitrogen and oxygen atoms in total. The monoisotopic (exact) mass is 566 g/mol. The molecule has 0 radical (unpaired) electrons. The topological polar surface area (TPSA) is 40.1 Å². The van der Waals surface area contributed by atoms with Crippen molar-refractivity contribution in [1.82, 2.24) is 0 Å². The molecule has 0 bridgehead atoms. The van der Waals surface area contributed by atoms with E-state index in [0.717, 1.165) is 23.7 Å². The van der Waals surface area contributed by atoms with E-state index in [0.29, 0.717) is 0 Å². The number of aliphatic carboxylic acids is 1. The molecule has 0 aliphatic heterocycles. The van der Waals surface area contributed by atoms with Gasteiger partial charge in [-0.2, -0.15) is 0 Å². The van der Waals surface area contributed by atoms with Crippen LogP contribution in [-0.2, 0) is 4.79 Å². The lowest BCUT2D eigenvalue weighted by molar-refractivity contribution is -0.870. The molecule has 0 rings (SSSR count). The fourth-order valence-corrected chi connectivity index (χ4v) is 5.12. The van der Waals surface area contributed by atoms with Crippen molar-refractivity contribution >= 4 is 5.97 Å². The lowest BCUT2D eigenvalue weighted by Crippen LogP contribution is -2.35. The molecule has 0 fully saturated rings. The smallest absolute Gasteiger partial charge is 0.0780 e. The van der Waals surface area contributed by atoms with Crippen molar-refractivity contribution in [3.8, 4) is 0 Å². The van der Waals surface area contributed by atoms with E-state index in [-0.39, 0.29) is 6.42 Å². The number of carboxylic acids is 1. The third-order valence-corrected chi connectivity index (χ3v) is 7.83. The number of unbranched alkanes of at least 4 members (excludes halogenated alkanes) is 24. The highest BCUT2D eigenvalue weighted by molar-refractivity contribution is 5.64. The van der Waals surface area contributed by atoms with Crippen LogP contribution in [-0.4, -0.2) is 38.1 Å². The minimum Gasteiger partial charge on any atom is -0.550 e. The Bertz CT molecular complexity index is 509. The molecule has 0 aromatic rings. The van der Waals surface area contributed by atoms with Crippen LogP contribution in [0.2, 0.25) is 0 Å². The normalized spacial score (nSPS) is 11.6. The van der Waals surface area contributed by atoms with Gasteiger partial charge in [0.05, 0.1) is 27.7 Å². The molecule has 0 N–H and O–H groups in total. The van der Waals surface area contributed by atoms with E-state index in [1.165, 1.54) is 161 Å². The van der Waals surface area contributed by atoms with E-state index < -0.39 is 5.97 Å². The summed E-state index contributed by atoms with van der Waals surface area (Å²) in [6.07, 6.45) is 41.3. The van der Waals surface area contributed by atoms with Gasteiger partial charge in [-0.05, 0) is 51.4 Å². The lowest BCUT2D eigenvalue weighted by Gasteiger charge is -2.23. The van der Waals surface area contributed by atoms with E-state index in [1.54, 1.807) is 0 Å². The Kier molecular flexibility index (Phi) is 35.5. The molecule has 0 amide bonds. The van der Waals surface area contributed by atoms with Crippen molar-refractivity contribution in [3.63, 3.8) is 0 Å². The van der Waals surface area contributed by atoms with Gasteiger partial charge in [0.2, 0.25) is 0 Å². The summed E-state index contributed by atoms with van der Waals surface area (Å²) >= 11 is 0. The van der Waals surface area contributed by atoms with Crippen LogP contribution in [0.15, 0.2) is 12.2 Å². The van der Waals surface area contributed by atoms with E-state index in [2.05, 4.69) is 47.1 Å². The van der Waals surface area contributed by atoms with Gasteiger partial charge in [-0.15, -0.1) is 0 Å². The van der Waals surface area contributed by atoms with Crippen LogP contribution in [0.3, 0.4) is 0 Å². The second kappa shape index (κ2) is 34.4. The highest BCUT2D eigenvalue weighted by atomic mass is 16.4. The molecule has 0 aliphatic carbocycles. The average Bonchev–Trinajstić information content (AvgIpc) is 2.90. The van der Waals surface area contributed by atoms with Gasteiger partial charge in [0, 0.05) is 5.97 Å². The van der Waals surface area contributed by atoms with E-state index in [1.807, 2.05) is 0 Å².